The molecule has 1 amide bonds. The van der Waals surface area contributed by atoms with Crippen LogP contribution in [0.2, 0.25) is 0 Å². The Morgan fingerprint density at radius 2 is 1.50 bits per heavy atom. The number of benzene rings is 3. The number of hydrogen-bond acceptors (Lipinski definition) is 4. The second-order valence-electron chi connectivity index (χ2n) is 6.01. The molecule has 0 radical (unpaired) electrons. The molecule has 1 unspecified atom stereocenters. The summed E-state index contributed by atoms with van der Waals surface area (Å²) >= 11 is 0. The van der Waals surface area contributed by atoms with Crippen LogP contribution in [0.3, 0.4) is 0 Å². The van der Waals surface area contributed by atoms with Gasteiger partial charge >= 0.3 is 0 Å². The van der Waals surface area contributed by atoms with E-state index in [1.807, 2.05) is 72.8 Å². The summed E-state index contributed by atoms with van der Waals surface area (Å²) in [5, 5.41) is 9.12. The van der Waals surface area contributed by atoms with Crippen molar-refractivity contribution in [2.45, 2.75) is 5.92 Å². The van der Waals surface area contributed by atoms with Crippen molar-refractivity contribution in [2.24, 2.45) is 0 Å². The fraction of sp³-hybridized carbons (Fsp3) is 0.0952. The number of amides is 1. The van der Waals surface area contributed by atoms with Gasteiger partial charge in [-0.25, -0.2) is 5.48 Å². The summed E-state index contributed by atoms with van der Waals surface area (Å²) in [4.78, 5) is 12.2. The second kappa shape index (κ2) is 6.90. The van der Waals surface area contributed by atoms with E-state index < -0.39 is 11.8 Å². The average molecular weight is 347 g/mol. The average Bonchev–Trinajstić information content (AvgIpc) is 3.17. The molecule has 1 aliphatic heterocycles. The SMILES string of the molecule is O=C(NO)C(c1ccccc1)c1ccc(-c2ccc3c(c2)OCO3)cc1. The normalized spacial score (nSPS) is 13.3. The quantitative estimate of drug-likeness (QED) is 0.558. The highest BCUT2D eigenvalue weighted by atomic mass is 16.7. The summed E-state index contributed by atoms with van der Waals surface area (Å²) in [7, 11) is 0. The zero-order valence-corrected chi connectivity index (χ0v) is 13.9. The smallest absolute Gasteiger partial charge is 0.255 e. The zero-order chi connectivity index (χ0) is 17.9. The summed E-state index contributed by atoms with van der Waals surface area (Å²) < 4.78 is 10.8. The van der Waals surface area contributed by atoms with E-state index in [4.69, 9.17) is 14.7 Å². The van der Waals surface area contributed by atoms with E-state index in [2.05, 4.69) is 0 Å². The molecule has 130 valence electrons. The molecule has 0 spiro atoms. The number of carbonyl (C=O) groups excluding carboxylic acids is 1. The molecule has 0 saturated heterocycles. The number of ether oxygens (including phenoxy) is 2. The van der Waals surface area contributed by atoms with Crippen molar-refractivity contribution in [1.29, 1.82) is 0 Å². The first-order valence-electron chi connectivity index (χ1n) is 8.25. The molecule has 26 heavy (non-hydrogen) atoms. The first-order chi connectivity index (χ1) is 12.8. The van der Waals surface area contributed by atoms with Crippen LogP contribution in [0.1, 0.15) is 17.0 Å². The Morgan fingerprint density at radius 3 is 2.23 bits per heavy atom. The van der Waals surface area contributed by atoms with Gasteiger partial charge in [0, 0.05) is 0 Å². The minimum atomic E-state index is -0.577. The van der Waals surface area contributed by atoms with Crippen molar-refractivity contribution in [3.8, 4) is 22.6 Å². The second-order valence-corrected chi connectivity index (χ2v) is 6.01. The lowest BCUT2D eigenvalue weighted by Gasteiger charge is -2.16. The monoisotopic (exact) mass is 347 g/mol. The number of hydrogen-bond donors (Lipinski definition) is 2. The highest BCUT2D eigenvalue weighted by Gasteiger charge is 2.22. The molecular weight excluding hydrogens is 330 g/mol. The van der Waals surface area contributed by atoms with Gasteiger partial charge in [0.05, 0.1) is 5.92 Å². The van der Waals surface area contributed by atoms with Crippen LogP contribution in [0.5, 0.6) is 11.5 Å². The van der Waals surface area contributed by atoms with Gasteiger partial charge in [-0.2, -0.15) is 0 Å². The van der Waals surface area contributed by atoms with Gasteiger partial charge in [0.25, 0.3) is 5.91 Å². The lowest BCUT2D eigenvalue weighted by molar-refractivity contribution is -0.129. The van der Waals surface area contributed by atoms with Gasteiger partial charge < -0.3 is 9.47 Å². The van der Waals surface area contributed by atoms with Gasteiger partial charge in [0.2, 0.25) is 6.79 Å². The van der Waals surface area contributed by atoms with Gasteiger partial charge in [-0.3, -0.25) is 10.0 Å². The summed E-state index contributed by atoms with van der Waals surface area (Å²) in [5.74, 6) is 0.432. The summed E-state index contributed by atoms with van der Waals surface area (Å²) in [5.41, 5.74) is 5.39. The molecule has 0 saturated carbocycles. The van der Waals surface area contributed by atoms with Crippen LogP contribution in [0.4, 0.5) is 0 Å². The molecular formula is C21H17NO4. The third kappa shape index (κ3) is 3.00. The molecule has 0 aromatic heterocycles. The topological polar surface area (TPSA) is 67.8 Å². The summed E-state index contributed by atoms with van der Waals surface area (Å²) in [6.07, 6.45) is 0. The van der Waals surface area contributed by atoms with Gasteiger partial charge in [-0.15, -0.1) is 0 Å². The highest BCUT2D eigenvalue weighted by molar-refractivity contribution is 5.86. The molecule has 0 aliphatic carbocycles. The van der Waals surface area contributed by atoms with Gasteiger partial charge in [-0.1, -0.05) is 60.7 Å². The minimum Gasteiger partial charge on any atom is -0.454 e. The van der Waals surface area contributed by atoms with Crippen LogP contribution in [0, 0.1) is 0 Å². The molecule has 4 rings (SSSR count). The van der Waals surface area contributed by atoms with Gasteiger partial charge in [0.15, 0.2) is 11.5 Å². The molecule has 3 aromatic rings. The van der Waals surface area contributed by atoms with E-state index in [9.17, 15) is 4.79 Å². The minimum absolute atomic E-state index is 0.243. The molecule has 5 heteroatoms. The molecule has 1 aliphatic rings. The zero-order valence-electron chi connectivity index (χ0n) is 13.9. The molecule has 3 aromatic carbocycles. The maximum atomic E-state index is 12.2. The fourth-order valence-corrected chi connectivity index (χ4v) is 3.15. The maximum absolute atomic E-state index is 12.2. The third-order valence-electron chi connectivity index (χ3n) is 4.46. The number of carbonyl (C=O) groups is 1. The van der Waals surface area contributed by atoms with Crippen molar-refractivity contribution in [3.05, 3.63) is 83.9 Å². The molecule has 5 nitrogen and oxygen atoms in total. The lowest BCUT2D eigenvalue weighted by Crippen LogP contribution is -2.27. The van der Waals surface area contributed by atoms with Crippen molar-refractivity contribution in [1.82, 2.24) is 5.48 Å². The standard InChI is InChI=1S/C21H17NO4/c23-21(22-24)20(15-4-2-1-3-5-15)16-8-6-14(7-9-16)17-10-11-18-19(12-17)26-13-25-18/h1-12,20,24H,13H2,(H,22,23). The van der Waals surface area contributed by atoms with Crippen LogP contribution >= 0.6 is 0 Å². The predicted octanol–water partition coefficient (Wildman–Crippen LogP) is 3.72. The lowest BCUT2D eigenvalue weighted by atomic mass is 9.89. The molecule has 1 atom stereocenters. The molecule has 2 N–H and O–H groups in total. The maximum Gasteiger partial charge on any atom is 0.255 e. The van der Waals surface area contributed by atoms with Crippen LogP contribution in [-0.4, -0.2) is 17.9 Å². The number of nitrogens with one attached hydrogen (secondary N) is 1. The Balaban J connectivity index is 1.66. The predicted molar refractivity (Wildman–Crippen MR) is 96.2 cm³/mol. The molecule has 1 heterocycles. The fourth-order valence-electron chi connectivity index (χ4n) is 3.15. The van der Waals surface area contributed by atoms with E-state index in [0.717, 1.165) is 33.8 Å². The first kappa shape index (κ1) is 16.2. The van der Waals surface area contributed by atoms with Crippen molar-refractivity contribution < 1.29 is 19.5 Å². The van der Waals surface area contributed by atoms with Crippen molar-refractivity contribution in [2.75, 3.05) is 6.79 Å². The van der Waals surface area contributed by atoms with E-state index in [-0.39, 0.29) is 6.79 Å². The Morgan fingerprint density at radius 1 is 0.846 bits per heavy atom. The first-order valence-corrected chi connectivity index (χ1v) is 8.25. The summed E-state index contributed by atoms with van der Waals surface area (Å²) in [6.45, 7) is 0.243. The van der Waals surface area contributed by atoms with Gasteiger partial charge in [-0.05, 0) is 34.4 Å². The van der Waals surface area contributed by atoms with Crippen LogP contribution in [0.25, 0.3) is 11.1 Å². The van der Waals surface area contributed by atoms with E-state index in [0.29, 0.717) is 0 Å². The Hall–Kier alpha value is -3.31. The number of hydroxylamine groups is 1. The van der Waals surface area contributed by atoms with Crippen molar-refractivity contribution >= 4 is 5.91 Å². The number of rotatable bonds is 4. The largest absolute Gasteiger partial charge is 0.454 e. The van der Waals surface area contributed by atoms with Crippen LogP contribution in [-0.2, 0) is 4.79 Å². The third-order valence-corrected chi connectivity index (χ3v) is 4.46. The Kier molecular flexibility index (Phi) is 4.29. The summed E-state index contributed by atoms with van der Waals surface area (Å²) in [6, 6.07) is 22.8. The molecule has 0 bridgehead atoms. The van der Waals surface area contributed by atoms with E-state index in [1.165, 1.54) is 0 Å². The number of fused-ring (bicyclic) bond motifs is 1. The van der Waals surface area contributed by atoms with E-state index in [1.54, 1.807) is 5.48 Å². The Bertz CT molecular complexity index is 923. The Labute approximate surface area is 150 Å². The highest BCUT2D eigenvalue weighted by Crippen LogP contribution is 2.36. The van der Waals surface area contributed by atoms with Crippen molar-refractivity contribution in [3.63, 3.8) is 0 Å². The van der Waals surface area contributed by atoms with Crippen LogP contribution in [0.15, 0.2) is 72.8 Å². The molecule has 0 fully saturated rings. The van der Waals surface area contributed by atoms with Gasteiger partial charge in [0.1, 0.15) is 0 Å². The van der Waals surface area contributed by atoms with E-state index >= 15 is 0 Å². The van der Waals surface area contributed by atoms with Crippen LogP contribution < -0.4 is 15.0 Å².